The van der Waals surface area contributed by atoms with Crippen LogP contribution in [0.15, 0.2) is 93.3 Å². The number of carbonyl (C=O) groups is 2. The summed E-state index contributed by atoms with van der Waals surface area (Å²) in [6.45, 7) is 4.66. The van der Waals surface area contributed by atoms with Crippen molar-refractivity contribution in [3.05, 3.63) is 78.4 Å². The van der Waals surface area contributed by atoms with Gasteiger partial charge in [0, 0.05) is 12.8 Å². The molecule has 0 aliphatic rings. The molecule has 3 rings (SSSR count). The number of rotatable bonds is 19. The SMILES string of the molecule is CCC(=O)OCCCCCCCCCCOc1ccc(N=Nc2ccc(N=Nc3ccc(CC(C)=O)cc3)cc2)cc1. The Labute approximate surface area is 249 Å². The third-order valence-electron chi connectivity index (χ3n) is 6.50. The van der Waals surface area contributed by atoms with E-state index in [1.165, 1.54) is 25.7 Å². The number of carbonyl (C=O) groups excluding carboxylic acids is 2. The molecule has 0 atom stereocenters. The van der Waals surface area contributed by atoms with E-state index in [0.29, 0.717) is 31.7 Å². The van der Waals surface area contributed by atoms with Gasteiger partial charge >= 0.3 is 5.97 Å². The Morgan fingerprint density at radius 1 is 0.571 bits per heavy atom. The fourth-order valence-electron chi connectivity index (χ4n) is 4.14. The molecule has 0 fully saturated rings. The number of nitrogens with zero attached hydrogens (tertiary/aromatic N) is 4. The van der Waals surface area contributed by atoms with Gasteiger partial charge in [0.2, 0.25) is 0 Å². The van der Waals surface area contributed by atoms with Gasteiger partial charge in [0.25, 0.3) is 0 Å². The van der Waals surface area contributed by atoms with Gasteiger partial charge in [-0.05, 0) is 86.0 Å². The normalized spacial score (nSPS) is 11.3. The van der Waals surface area contributed by atoms with Crippen LogP contribution in [0.5, 0.6) is 5.75 Å². The van der Waals surface area contributed by atoms with Crippen LogP contribution in [-0.2, 0) is 20.7 Å². The molecule has 3 aromatic rings. The van der Waals surface area contributed by atoms with Crippen molar-refractivity contribution in [2.24, 2.45) is 20.5 Å². The summed E-state index contributed by atoms with van der Waals surface area (Å²) in [5, 5.41) is 17.1. The zero-order valence-electron chi connectivity index (χ0n) is 24.8. The van der Waals surface area contributed by atoms with Gasteiger partial charge in [-0.15, -0.1) is 0 Å². The standard InChI is InChI=1S/C34H42N4O4/c1-3-34(40)42-25-11-9-7-5-4-6-8-10-24-41-33-22-20-32(21-23-33)38-37-31-18-16-30(17-19-31)36-35-29-14-12-28(13-15-29)26-27(2)39/h12-23H,3-11,24-26H2,1-2H3. The lowest BCUT2D eigenvalue weighted by Gasteiger charge is -2.06. The Morgan fingerprint density at radius 3 is 1.43 bits per heavy atom. The van der Waals surface area contributed by atoms with E-state index in [0.717, 1.165) is 54.1 Å². The lowest BCUT2D eigenvalue weighted by Crippen LogP contribution is -2.03. The fraction of sp³-hybridized carbons (Fsp3) is 0.412. The Bertz CT molecular complexity index is 1270. The van der Waals surface area contributed by atoms with Gasteiger partial charge in [0.05, 0.1) is 36.0 Å². The number of esters is 1. The number of benzene rings is 3. The second-order valence-electron chi connectivity index (χ2n) is 10.2. The van der Waals surface area contributed by atoms with Crippen molar-refractivity contribution in [3.8, 4) is 5.75 Å². The molecule has 0 aromatic heterocycles. The molecule has 8 heteroatoms. The van der Waals surface area contributed by atoms with Crippen molar-refractivity contribution in [2.75, 3.05) is 13.2 Å². The van der Waals surface area contributed by atoms with Crippen LogP contribution in [0.1, 0.15) is 77.2 Å². The van der Waals surface area contributed by atoms with E-state index in [-0.39, 0.29) is 11.8 Å². The molecular weight excluding hydrogens is 528 g/mol. The Hall–Kier alpha value is -4.20. The maximum absolute atomic E-state index is 11.2. The van der Waals surface area contributed by atoms with Crippen molar-refractivity contribution in [1.29, 1.82) is 0 Å². The molecule has 0 amide bonds. The molecule has 0 N–H and O–H groups in total. The minimum atomic E-state index is -0.107. The minimum absolute atomic E-state index is 0.107. The summed E-state index contributed by atoms with van der Waals surface area (Å²) in [5.74, 6) is 0.862. The van der Waals surface area contributed by atoms with Crippen molar-refractivity contribution in [2.45, 2.75) is 78.1 Å². The first kappa shape index (κ1) is 32.3. The van der Waals surface area contributed by atoms with Crippen LogP contribution in [0.2, 0.25) is 0 Å². The molecular formula is C34H42N4O4. The van der Waals surface area contributed by atoms with Crippen LogP contribution < -0.4 is 4.74 Å². The van der Waals surface area contributed by atoms with Gasteiger partial charge in [-0.25, -0.2) is 0 Å². The quantitative estimate of drug-likeness (QED) is 0.0812. The zero-order valence-corrected chi connectivity index (χ0v) is 24.8. The molecule has 0 bridgehead atoms. The van der Waals surface area contributed by atoms with Gasteiger partial charge in [-0.3, -0.25) is 9.59 Å². The third-order valence-corrected chi connectivity index (χ3v) is 6.50. The molecule has 222 valence electrons. The molecule has 0 heterocycles. The van der Waals surface area contributed by atoms with Crippen LogP contribution in [0, 0.1) is 0 Å². The Balaban J connectivity index is 1.28. The van der Waals surface area contributed by atoms with Gasteiger partial charge in [-0.2, -0.15) is 20.5 Å². The molecule has 0 aliphatic carbocycles. The topological polar surface area (TPSA) is 102 Å². The highest BCUT2D eigenvalue weighted by molar-refractivity contribution is 5.78. The van der Waals surface area contributed by atoms with Gasteiger partial charge < -0.3 is 9.47 Å². The Kier molecular flexibility index (Phi) is 14.6. The molecule has 0 saturated heterocycles. The summed E-state index contributed by atoms with van der Waals surface area (Å²) in [6.07, 6.45) is 10.0. The van der Waals surface area contributed by atoms with E-state index in [1.807, 2.05) is 79.7 Å². The summed E-state index contributed by atoms with van der Waals surface area (Å²) < 4.78 is 11.0. The number of ether oxygens (including phenoxy) is 2. The first-order valence-electron chi connectivity index (χ1n) is 14.9. The number of hydrogen-bond donors (Lipinski definition) is 0. The largest absolute Gasteiger partial charge is 0.494 e. The maximum Gasteiger partial charge on any atom is 0.305 e. The van der Waals surface area contributed by atoms with E-state index in [2.05, 4.69) is 20.5 Å². The predicted octanol–water partition coefficient (Wildman–Crippen LogP) is 10.1. The van der Waals surface area contributed by atoms with E-state index < -0.39 is 0 Å². The molecule has 0 radical (unpaired) electrons. The molecule has 0 spiro atoms. The fourth-order valence-corrected chi connectivity index (χ4v) is 4.14. The van der Waals surface area contributed by atoms with Crippen molar-refractivity contribution in [3.63, 3.8) is 0 Å². The summed E-state index contributed by atoms with van der Waals surface area (Å²) in [4.78, 5) is 22.3. The second-order valence-corrected chi connectivity index (χ2v) is 10.2. The predicted molar refractivity (Wildman–Crippen MR) is 166 cm³/mol. The van der Waals surface area contributed by atoms with Crippen molar-refractivity contribution >= 4 is 34.5 Å². The number of hydrogen-bond acceptors (Lipinski definition) is 8. The smallest absolute Gasteiger partial charge is 0.305 e. The lowest BCUT2D eigenvalue weighted by atomic mass is 10.1. The summed E-state index contributed by atoms with van der Waals surface area (Å²) >= 11 is 0. The van der Waals surface area contributed by atoms with Crippen molar-refractivity contribution in [1.82, 2.24) is 0 Å². The van der Waals surface area contributed by atoms with Crippen LogP contribution in [0.3, 0.4) is 0 Å². The first-order valence-corrected chi connectivity index (χ1v) is 14.9. The number of Topliss-reactive ketones (excluding diaryl/α,β-unsaturated/α-hetero) is 1. The summed E-state index contributed by atoms with van der Waals surface area (Å²) in [6, 6.07) is 22.5. The van der Waals surface area contributed by atoms with Crippen LogP contribution >= 0.6 is 0 Å². The van der Waals surface area contributed by atoms with E-state index in [4.69, 9.17) is 9.47 Å². The highest BCUT2D eigenvalue weighted by Gasteiger charge is 2.00. The summed E-state index contributed by atoms with van der Waals surface area (Å²) in [7, 11) is 0. The van der Waals surface area contributed by atoms with Crippen LogP contribution in [0.4, 0.5) is 22.7 Å². The summed E-state index contributed by atoms with van der Waals surface area (Å²) in [5.41, 5.74) is 3.88. The van der Waals surface area contributed by atoms with Crippen molar-refractivity contribution < 1.29 is 19.1 Å². The lowest BCUT2D eigenvalue weighted by molar-refractivity contribution is -0.143. The molecule has 0 unspecified atom stereocenters. The molecule has 8 nitrogen and oxygen atoms in total. The average molecular weight is 571 g/mol. The van der Waals surface area contributed by atoms with Gasteiger partial charge in [0.15, 0.2) is 0 Å². The third kappa shape index (κ3) is 13.4. The molecule has 42 heavy (non-hydrogen) atoms. The maximum atomic E-state index is 11.2. The van der Waals surface area contributed by atoms with Crippen LogP contribution in [0.25, 0.3) is 0 Å². The Morgan fingerprint density at radius 2 is 0.976 bits per heavy atom. The number of azo groups is 2. The highest BCUT2D eigenvalue weighted by atomic mass is 16.5. The molecule has 3 aromatic carbocycles. The van der Waals surface area contributed by atoms with E-state index >= 15 is 0 Å². The second kappa shape index (κ2) is 19.0. The average Bonchev–Trinajstić information content (AvgIpc) is 3.01. The highest BCUT2D eigenvalue weighted by Crippen LogP contribution is 2.25. The molecule has 0 aliphatic heterocycles. The van der Waals surface area contributed by atoms with Crippen LogP contribution in [-0.4, -0.2) is 25.0 Å². The monoisotopic (exact) mass is 570 g/mol. The first-order chi connectivity index (χ1) is 20.5. The van der Waals surface area contributed by atoms with Gasteiger partial charge in [0.1, 0.15) is 11.5 Å². The van der Waals surface area contributed by atoms with E-state index in [9.17, 15) is 9.59 Å². The number of unbranched alkanes of at least 4 members (excludes halogenated alkanes) is 7. The van der Waals surface area contributed by atoms with E-state index in [1.54, 1.807) is 6.92 Å². The minimum Gasteiger partial charge on any atom is -0.494 e. The van der Waals surface area contributed by atoms with Gasteiger partial charge in [-0.1, -0.05) is 57.6 Å². The number of ketones is 1. The zero-order chi connectivity index (χ0) is 29.8. The molecule has 0 saturated carbocycles.